The summed E-state index contributed by atoms with van der Waals surface area (Å²) in [6.07, 6.45) is 3.61. The van der Waals surface area contributed by atoms with E-state index in [1.807, 2.05) is 12.1 Å². The van der Waals surface area contributed by atoms with E-state index in [9.17, 15) is 9.59 Å². The van der Waals surface area contributed by atoms with Crippen molar-refractivity contribution in [2.24, 2.45) is 0 Å². The van der Waals surface area contributed by atoms with E-state index in [-0.39, 0.29) is 11.9 Å². The maximum Gasteiger partial charge on any atom is 0.407 e. The van der Waals surface area contributed by atoms with Gasteiger partial charge in [0, 0.05) is 48.6 Å². The largest absolute Gasteiger partial charge is 0.465 e. The molecule has 1 saturated heterocycles. The van der Waals surface area contributed by atoms with Crippen molar-refractivity contribution in [3.63, 3.8) is 0 Å². The predicted molar refractivity (Wildman–Crippen MR) is 129 cm³/mol. The van der Waals surface area contributed by atoms with Gasteiger partial charge in [0.1, 0.15) is 5.82 Å². The maximum absolute atomic E-state index is 12.7. The number of carbonyl (C=O) groups excluding carboxylic acids is 1. The Morgan fingerprint density at radius 3 is 2.79 bits per heavy atom. The number of hydrogen-bond acceptors (Lipinski definition) is 7. The second kappa shape index (κ2) is 9.29. The summed E-state index contributed by atoms with van der Waals surface area (Å²) >= 11 is 3.46. The molecule has 0 bridgehead atoms. The van der Waals surface area contributed by atoms with Crippen LogP contribution < -0.4 is 16.0 Å². The number of aromatic amines is 1. The van der Waals surface area contributed by atoms with Crippen LogP contribution in [0, 0.1) is 0 Å². The first kappa shape index (κ1) is 22.1. The van der Waals surface area contributed by atoms with Crippen molar-refractivity contribution < 1.29 is 14.7 Å². The molecule has 5 N–H and O–H groups in total. The topological polar surface area (TPSA) is 148 Å². The Bertz CT molecular complexity index is 1230. The van der Waals surface area contributed by atoms with Crippen LogP contribution in [0.5, 0.6) is 0 Å². The summed E-state index contributed by atoms with van der Waals surface area (Å²) in [5, 5.41) is 25.7. The Morgan fingerprint density at radius 1 is 1.18 bits per heavy atom. The van der Waals surface area contributed by atoms with Crippen molar-refractivity contribution in [1.29, 1.82) is 0 Å². The van der Waals surface area contributed by atoms with Gasteiger partial charge in [0.05, 0.1) is 10.2 Å². The van der Waals surface area contributed by atoms with Gasteiger partial charge in [-0.3, -0.25) is 9.89 Å². The lowest BCUT2D eigenvalue weighted by Crippen LogP contribution is -2.38. The van der Waals surface area contributed by atoms with E-state index in [1.54, 1.807) is 24.4 Å². The second-order valence-corrected chi connectivity index (χ2v) is 9.24. The second-order valence-electron chi connectivity index (χ2n) is 8.39. The molecule has 1 atom stereocenters. The fraction of sp³-hybridized carbons (Fsp3) is 0.318. The fourth-order valence-corrected chi connectivity index (χ4v) is 4.11. The summed E-state index contributed by atoms with van der Waals surface area (Å²) in [6, 6.07) is 8.77. The summed E-state index contributed by atoms with van der Waals surface area (Å²) in [7, 11) is 0. The number of H-pyrrole nitrogens is 1. The van der Waals surface area contributed by atoms with Crippen molar-refractivity contribution in [3.8, 4) is 0 Å². The molecule has 3 heterocycles. The van der Waals surface area contributed by atoms with Crippen molar-refractivity contribution in [1.82, 2.24) is 30.4 Å². The average molecular weight is 527 g/mol. The number of nitrogens with zero attached hydrogens (tertiary/aromatic N) is 4. The van der Waals surface area contributed by atoms with Gasteiger partial charge >= 0.3 is 6.09 Å². The number of likely N-dealkylation sites (tertiary alicyclic amines) is 1. The normalized spacial score (nSPS) is 17.4. The lowest BCUT2D eigenvalue weighted by atomic mass is 10.1. The number of hydrogen-bond donors (Lipinski definition) is 5. The Morgan fingerprint density at radius 2 is 2.03 bits per heavy atom. The number of amides is 2. The van der Waals surface area contributed by atoms with E-state index in [4.69, 9.17) is 5.11 Å². The summed E-state index contributed by atoms with van der Waals surface area (Å²) in [5.41, 5.74) is 2.16. The zero-order chi connectivity index (χ0) is 23.7. The molecule has 2 aromatic heterocycles. The minimum atomic E-state index is -0.970. The molecular formula is C22H23BrN8O3. The summed E-state index contributed by atoms with van der Waals surface area (Å²) < 4.78 is 0.695. The summed E-state index contributed by atoms with van der Waals surface area (Å²) in [5.74, 6) is 1.97. The molecule has 176 valence electrons. The van der Waals surface area contributed by atoms with Gasteiger partial charge in [0.25, 0.3) is 5.91 Å². The molecule has 12 heteroatoms. The Hall–Kier alpha value is -3.67. The maximum atomic E-state index is 12.7. The Kier molecular flexibility index (Phi) is 6.05. The van der Waals surface area contributed by atoms with E-state index in [2.05, 4.69) is 52.0 Å². The van der Waals surface area contributed by atoms with E-state index >= 15 is 0 Å². The van der Waals surface area contributed by atoms with E-state index in [0.717, 1.165) is 11.5 Å². The molecule has 34 heavy (non-hydrogen) atoms. The number of carboxylic acid groups (broad SMARTS) is 1. The predicted octanol–water partition coefficient (Wildman–Crippen LogP) is 3.81. The third-order valence-corrected chi connectivity index (χ3v) is 6.35. The van der Waals surface area contributed by atoms with E-state index in [1.165, 1.54) is 17.7 Å². The van der Waals surface area contributed by atoms with Crippen molar-refractivity contribution in [2.45, 2.75) is 31.2 Å². The molecule has 1 aliphatic carbocycles. The number of nitrogens with one attached hydrogen (secondary N) is 4. The van der Waals surface area contributed by atoms with Crippen LogP contribution in [0.25, 0.3) is 0 Å². The zero-order valence-corrected chi connectivity index (χ0v) is 19.7. The quantitative estimate of drug-likeness (QED) is 0.312. The third kappa shape index (κ3) is 5.11. The molecule has 5 rings (SSSR count). The van der Waals surface area contributed by atoms with Gasteiger partial charge in [-0.25, -0.2) is 9.78 Å². The number of halogens is 1. The summed E-state index contributed by atoms with van der Waals surface area (Å²) in [4.78, 5) is 33.9. The van der Waals surface area contributed by atoms with Crippen LogP contribution in [-0.2, 0) is 0 Å². The van der Waals surface area contributed by atoms with Crippen molar-refractivity contribution in [2.75, 3.05) is 23.7 Å². The number of rotatable bonds is 7. The minimum absolute atomic E-state index is 0.202. The van der Waals surface area contributed by atoms with E-state index < -0.39 is 6.09 Å². The molecule has 11 nitrogen and oxygen atoms in total. The first-order chi connectivity index (χ1) is 16.4. The first-order valence-corrected chi connectivity index (χ1v) is 11.7. The molecule has 2 aliphatic rings. The number of anilines is 4. The molecule has 2 amide bonds. The smallest absolute Gasteiger partial charge is 0.407 e. The molecule has 0 spiro atoms. The van der Waals surface area contributed by atoms with Crippen LogP contribution in [-0.4, -0.2) is 61.3 Å². The van der Waals surface area contributed by atoms with Gasteiger partial charge in [0.15, 0.2) is 5.82 Å². The lowest BCUT2D eigenvalue weighted by molar-refractivity contribution is 0.0936. The van der Waals surface area contributed by atoms with Gasteiger partial charge < -0.3 is 26.0 Å². The molecule has 2 fully saturated rings. The van der Waals surface area contributed by atoms with Crippen LogP contribution in [0.1, 0.15) is 41.2 Å². The average Bonchev–Trinajstić information content (AvgIpc) is 3.38. The monoisotopic (exact) mass is 526 g/mol. The molecular weight excluding hydrogens is 504 g/mol. The number of benzene rings is 1. The number of aromatic nitrogens is 4. The molecule has 1 aromatic carbocycles. The highest BCUT2D eigenvalue weighted by atomic mass is 79.9. The van der Waals surface area contributed by atoms with Crippen molar-refractivity contribution >= 4 is 51.2 Å². The SMILES string of the molecule is O=C(N[C@H]1CCN(C(=O)O)C1)c1cccc(Nc2ncc(Br)c(Nc3cc(C4CC4)n[nH]3)n2)c1. The fourth-order valence-electron chi connectivity index (χ4n) is 3.82. The zero-order valence-electron chi connectivity index (χ0n) is 18.1. The first-order valence-electron chi connectivity index (χ1n) is 11.0. The summed E-state index contributed by atoms with van der Waals surface area (Å²) in [6.45, 7) is 0.708. The Labute approximate surface area is 203 Å². The molecule has 1 saturated carbocycles. The standard InChI is InChI=1S/C22H23BrN8O3/c23-16-10-24-21(28-19(16)27-18-9-17(29-30-18)12-4-5-12)26-14-3-1-2-13(8-14)20(32)25-15-6-7-31(11-15)22(33)34/h1-3,8-10,12,15H,4-7,11H2,(H,25,32)(H,33,34)(H3,24,26,27,28,29,30)/t15-/m0/s1. The highest BCUT2D eigenvalue weighted by Gasteiger charge is 2.27. The van der Waals surface area contributed by atoms with Crippen LogP contribution in [0.15, 0.2) is 41.0 Å². The molecule has 0 radical (unpaired) electrons. The number of carbonyl (C=O) groups is 2. The van der Waals surface area contributed by atoms with Gasteiger partial charge in [-0.2, -0.15) is 10.1 Å². The third-order valence-electron chi connectivity index (χ3n) is 5.77. The van der Waals surface area contributed by atoms with Crippen LogP contribution in [0.4, 0.5) is 28.1 Å². The van der Waals surface area contributed by atoms with Crippen LogP contribution >= 0.6 is 15.9 Å². The highest BCUT2D eigenvalue weighted by molar-refractivity contribution is 9.10. The van der Waals surface area contributed by atoms with E-state index in [0.29, 0.717) is 52.9 Å². The molecule has 0 unspecified atom stereocenters. The lowest BCUT2D eigenvalue weighted by Gasteiger charge is -2.14. The molecule has 3 aromatic rings. The van der Waals surface area contributed by atoms with Gasteiger partial charge in [-0.1, -0.05) is 6.07 Å². The Balaban J connectivity index is 1.24. The minimum Gasteiger partial charge on any atom is -0.465 e. The van der Waals surface area contributed by atoms with Crippen LogP contribution in [0.2, 0.25) is 0 Å². The van der Waals surface area contributed by atoms with Gasteiger partial charge in [-0.15, -0.1) is 0 Å². The van der Waals surface area contributed by atoms with Gasteiger partial charge in [0.2, 0.25) is 5.95 Å². The molecule has 1 aliphatic heterocycles. The van der Waals surface area contributed by atoms with Gasteiger partial charge in [-0.05, 0) is 53.4 Å². The van der Waals surface area contributed by atoms with Crippen LogP contribution in [0.3, 0.4) is 0 Å². The highest BCUT2D eigenvalue weighted by Crippen LogP contribution is 2.39. The van der Waals surface area contributed by atoms with Crippen molar-refractivity contribution in [3.05, 3.63) is 52.3 Å².